The summed E-state index contributed by atoms with van der Waals surface area (Å²) < 4.78 is 10.1. The lowest BCUT2D eigenvalue weighted by Gasteiger charge is -2.36. The van der Waals surface area contributed by atoms with Crippen LogP contribution in [0.3, 0.4) is 0 Å². The summed E-state index contributed by atoms with van der Waals surface area (Å²) in [5.74, 6) is 0.279. The first-order chi connectivity index (χ1) is 17.7. The lowest BCUT2D eigenvalue weighted by atomic mass is 9.84. The molecule has 3 rings (SSSR count). The molecule has 0 aliphatic carbocycles. The summed E-state index contributed by atoms with van der Waals surface area (Å²) in [4.78, 5) is 24.9. The Morgan fingerprint density at radius 3 is 1.68 bits per heavy atom. The molecule has 0 aliphatic rings. The van der Waals surface area contributed by atoms with Crippen LogP contribution < -0.4 is 5.32 Å². The standard InChI is InChI=1S/C31H37NO4S/c1-5-35-28(33)22-21-27(32-29(34)36-30(2,3)4)23-37-31(24-15-9-6-10-16-24,25-17-11-7-12-18-25)26-19-13-8-14-20-26/h6-20,27H,5,21-23H2,1-4H3,(H,32,34)/t27-/m0/s1. The number of nitrogens with one attached hydrogen (secondary N) is 1. The minimum atomic E-state index is -0.620. The number of thioether (sulfide) groups is 1. The fourth-order valence-corrected chi connectivity index (χ4v) is 5.80. The van der Waals surface area contributed by atoms with Crippen LogP contribution in [0, 0.1) is 0 Å². The Labute approximate surface area is 225 Å². The van der Waals surface area contributed by atoms with Gasteiger partial charge in [0.1, 0.15) is 5.60 Å². The number of amides is 1. The monoisotopic (exact) mass is 519 g/mol. The fourth-order valence-electron chi connectivity index (χ4n) is 4.19. The van der Waals surface area contributed by atoms with Crippen LogP contribution in [0.4, 0.5) is 4.79 Å². The Kier molecular flexibility index (Phi) is 10.2. The molecule has 1 atom stereocenters. The molecule has 0 saturated heterocycles. The van der Waals surface area contributed by atoms with Gasteiger partial charge in [0.15, 0.2) is 0 Å². The zero-order chi connectivity index (χ0) is 26.7. The first-order valence-corrected chi connectivity index (χ1v) is 13.7. The first kappa shape index (κ1) is 28.3. The molecule has 37 heavy (non-hydrogen) atoms. The Morgan fingerprint density at radius 1 is 0.811 bits per heavy atom. The largest absolute Gasteiger partial charge is 0.466 e. The third-order valence-electron chi connectivity index (χ3n) is 5.77. The van der Waals surface area contributed by atoms with Crippen LogP contribution in [-0.2, 0) is 19.0 Å². The quantitative estimate of drug-likeness (QED) is 0.219. The van der Waals surface area contributed by atoms with Crippen molar-refractivity contribution in [1.82, 2.24) is 5.32 Å². The van der Waals surface area contributed by atoms with Crippen LogP contribution in [0.25, 0.3) is 0 Å². The molecular weight excluding hydrogens is 482 g/mol. The van der Waals surface area contributed by atoms with E-state index in [0.717, 1.165) is 16.7 Å². The van der Waals surface area contributed by atoms with Gasteiger partial charge < -0.3 is 14.8 Å². The van der Waals surface area contributed by atoms with Crippen molar-refractivity contribution in [1.29, 1.82) is 0 Å². The van der Waals surface area contributed by atoms with Crippen LogP contribution in [0.5, 0.6) is 0 Å². The normalized spacial score (nSPS) is 12.4. The molecule has 5 nitrogen and oxygen atoms in total. The van der Waals surface area contributed by atoms with Gasteiger partial charge >= 0.3 is 12.1 Å². The van der Waals surface area contributed by atoms with E-state index in [9.17, 15) is 9.59 Å². The molecule has 1 amide bonds. The van der Waals surface area contributed by atoms with Gasteiger partial charge in [-0.15, -0.1) is 11.8 Å². The molecule has 3 aromatic carbocycles. The molecule has 0 bridgehead atoms. The SMILES string of the molecule is CCOC(=O)CC[C@@H](CSC(c1ccccc1)(c1ccccc1)c1ccccc1)NC(=O)OC(C)(C)C. The lowest BCUT2D eigenvalue weighted by Crippen LogP contribution is -2.41. The highest BCUT2D eigenvalue weighted by molar-refractivity contribution is 8.00. The number of hydrogen-bond donors (Lipinski definition) is 1. The van der Waals surface area contributed by atoms with E-state index in [4.69, 9.17) is 9.47 Å². The van der Waals surface area contributed by atoms with Crippen LogP contribution in [0.1, 0.15) is 57.2 Å². The molecule has 0 radical (unpaired) electrons. The number of rotatable bonds is 11. The summed E-state index contributed by atoms with van der Waals surface area (Å²) >= 11 is 1.74. The van der Waals surface area contributed by atoms with E-state index in [1.165, 1.54) is 0 Å². The van der Waals surface area contributed by atoms with Crippen molar-refractivity contribution >= 4 is 23.8 Å². The predicted octanol–water partition coefficient (Wildman–Crippen LogP) is 6.95. The topological polar surface area (TPSA) is 64.6 Å². The number of carbonyl (C=O) groups excluding carboxylic acids is 2. The third-order valence-corrected chi connectivity index (χ3v) is 7.47. The maximum atomic E-state index is 12.7. The predicted molar refractivity (Wildman–Crippen MR) is 151 cm³/mol. The molecule has 0 fully saturated rings. The second kappa shape index (κ2) is 13.3. The third kappa shape index (κ3) is 8.12. The van der Waals surface area contributed by atoms with E-state index in [1.54, 1.807) is 18.7 Å². The Bertz CT molecular complexity index is 1020. The number of hydrogen-bond acceptors (Lipinski definition) is 5. The van der Waals surface area contributed by atoms with E-state index in [0.29, 0.717) is 18.8 Å². The van der Waals surface area contributed by atoms with Crippen molar-refractivity contribution in [3.8, 4) is 0 Å². The number of alkyl carbamates (subject to hydrolysis) is 1. The number of benzene rings is 3. The number of carbonyl (C=O) groups is 2. The van der Waals surface area contributed by atoms with E-state index in [1.807, 2.05) is 75.4 Å². The molecule has 3 aromatic rings. The van der Waals surface area contributed by atoms with Gasteiger partial charge in [-0.25, -0.2) is 4.79 Å². The fraction of sp³-hybridized carbons (Fsp3) is 0.355. The number of ether oxygens (including phenoxy) is 2. The van der Waals surface area contributed by atoms with E-state index < -0.39 is 16.4 Å². The van der Waals surface area contributed by atoms with Crippen molar-refractivity contribution in [2.24, 2.45) is 0 Å². The molecule has 196 valence electrons. The highest BCUT2D eigenvalue weighted by atomic mass is 32.2. The Hall–Kier alpha value is -3.25. The Balaban J connectivity index is 1.98. The van der Waals surface area contributed by atoms with Gasteiger partial charge in [0.2, 0.25) is 0 Å². The number of esters is 1. The smallest absolute Gasteiger partial charge is 0.407 e. The minimum Gasteiger partial charge on any atom is -0.466 e. The summed E-state index contributed by atoms with van der Waals surface area (Å²) in [6, 6.07) is 30.9. The van der Waals surface area contributed by atoms with Gasteiger partial charge in [-0.3, -0.25) is 4.79 Å². The van der Waals surface area contributed by atoms with Gasteiger partial charge in [-0.1, -0.05) is 91.0 Å². The molecule has 0 aliphatic heterocycles. The average Bonchev–Trinajstić information content (AvgIpc) is 2.88. The highest BCUT2D eigenvalue weighted by Crippen LogP contribution is 2.48. The summed E-state index contributed by atoms with van der Waals surface area (Å²) in [5, 5.41) is 3.01. The molecule has 0 spiro atoms. The van der Waals surface area contributed by atoms with Gasteiger partial charge in [0.25, 0.3) is 0 Å². The molecule has 6 heteroatoms. The lowest BCUT2D eigenvalue weighted by molar-refractivity contribution is -0.143. The maximum Gasteiger partial charge on any atom is 0.407 e. The molecule has 0 saturated carbocycles. The second-order valence-corrected chi connectivity index (χ2v) is 11.0. The van der Waals surface area contributed by atoms with Gasteiger partial charge in [-0.2, -0.15) is 0 Å². The molecule has 0 aromatic heterocycles. The van der Waals surface area contributed by atoms with E-state index in [-0.39, 0.29) is 18.4 Å². The van der Waals surface area contributed by atoms with E-state index in [2.05, 4.69) is 41.7 Å². The average molecular weight is 520 g/mol. The summed E-state index contributed by atoms with van der Waals surface area (Å²) in [6.45, 7) is 7.62. The van der Waals surface area contributed by atoms with Crippen LogP contribution in [-0.4, -0.2) is 36.1 Å². The zero-order valence-electron chi connectivity index (χ0n) is 22.1. The summed E-state index contributed by atoms with van der Waals surface area (Å²) in [6.07, 6.45) is 0.162. The van der Waals surface area contributed by atoms with Crippen molar-refractivity contribution in [2.75, 3.05) is 12.4 Å². The molecular formula is C31H37NO4S. The summed E-state index contributed by atoms with van der Waals surface area (Å²) in [5.41, 5.74) is 2.79. The highest BCUT2D eigenvalue weighted by Gasteiger charge is 2.37. The zero-order valence-corrected chi connectivity index (χ0v) is 22.9. The Morgan fingerprint density at radius 2 is 1.27 bits per heavy atom. The van der Waals surface area contributed by atoms with Crippen molar-refractivity contribution in [3.05, 3.63) is 108 Å². The van der Waals surface area contributed by atoms with E-state index >= 15 is 0 Å². The van der Waals surface area contributed by atoms with Crippen LogP contribution in [0.15, 0.2) is 91.0 Å². The van der Waals surface area contributed by atoms with Crippen LogP contribution >= 0.6 is 11.8 Å². The first-order valence-electron chi connectivity index (χ1n) is 12.7. The van der Waals surface area contributed by atoms with Gasteiger partial charge in [0, 0.05) is 18.2 Å². The van der Waals surface area contributed by atoms with Crippen molar-refractivity contribution in [2.45, 2.75) is 56.9 Å². The molecule has 1 N–H and O–H groups in total. The maximum absolute atomic E-state index is 12.7. The van der Waals surface area contributed by atoms with Crippen molar-refractivity contribution in [3.63, 3.8) is 0 Å². The minimum absolute atomic E-state index is 0.212. The second-order valence-electron chi connectivity index (χ2n) is 9.78. The molecule has 0 unspecified atom stereocenters. The van der Waals surface area contributed by atoms with Crippen LogP contribution in [0.2, 0.25) is 0 Å². The summed E-state index contributed by atoms with van der Waals surface area (Å²) in [7, 11) is 0. The van der Waals surface area contributed by atoms with Crippen molar-refractivity contribution < 1.29 is 19.1 Å². The molecule has 0 heterocycles. The van der Waals surface area contributed by atoms with Gasteiger partial charge in [-0.05, 0) is 50.8 Å². The van der Waals surface area contributed by atoms with Gasteiger partial charge in [0.05, 0.1) is 11.4 Å².